The number of ether oxygens (including phenoxy) is 3. The highest BCUT2D eigenvalue weighted by Crippen LogP contribution is 2.36. The Bertz CT molecular complexity index is 547. The molecule has 1 aliphatic carbocycles. The van der Waals surface area contributed by atoms with Gasteiger partial charge in [-0.1, -0.05) is 13.0 Å². The molecule has 0 aromatic heterocycles. The first kappa shape index (κ1) is 17.4. The van der Waals surface area contributed by atoms with Gasteiger partial charge < -0.3 is 14.2 Å². The molecule has 0 radical (unpaired) electrons. The van der Waals surface area contributed by atoms with Gasteiger partial charge in [0.1, 0.15) is 5.76 Å². The van der Waals surface area contributed by atoms with E-state index in [1.807, 2.05) is 13.0 Å². The summed E-state index contributed by atoms with van der Waals surface area (Å²) in [6.45, 7) is 6.47. The van der Waals surface area contributed by atoms with Gasteiger partial charge in [-0.2, -0.15) is 0 Å². The van der Waals surface area contributed by atoms with Gasteiger partial charge in [0.05, 0.1) is 26.5 Å². The summed E-state index contributed by atoms with van der Waals surface area (Å²) in [5.41, 5.74) is 2.01. The van der Waals surface area contributed by atoms with Gasteiger partial charge in [-0.25, -0.2) is 4.79 Å². The van der Waals surface area contributed by atoms with Crippen LogP contribution in [-0.4, -0.2) is 37.9 Å². The van der Waals surface area contributed by atoms with Crippen molar-refractivity contribution in [2.24, 2.45) is 5.92 Å². The third-order valence-corrected chi connectivity index (χ3v) is 4.35. The van der Waals surface area contributed by atoms with E-state index in [4.69, 9.17) is 14.2 Å². The van der Waals surface area contributed by atoms with Crippen LogP contribution in [0.4, 0.5) is 4.79 Å². The fourth-order valence-electron chi connectivity index (χ4n) is 3.34. The van der Waals surface area contributed by atoms with Crippen molar-refractivity contribution in [2.75, 3.05) is 20.8 Å². The van der Waals surface area contributed by atoms with Crippen molar-refractivity contribution in [1.29, 1.82) is 0 Å². The largest absolute Gasteiger partial charge is 0.497 e. The Morgan fingerprint density at radius 3 is 2.65 bits per heavy atom. The highest BCUT2D eigenvalue weighted by atomic mass is 16.6. The Morgan fingerprint density at radius 1 is 1.30 bits per heavy atom. The van der Waals surface area contributed by atoms with Crippen LogP contribution in [0.25, 0.3) is 0 Å². The minimum Gasteiger partial charge on any atom is -0.497 e. The van der Waals surface area contributed by atoms with E-state index in [-0.39, 0.29) is 12.1 Å². The van der Waals surface area contributed by atoms with Crippen LogP contribution < -0.4 is 0 Å². The van der Waals surface area contributed by atoms with Crippen LogP contribution in [0.1, 0.15) is 40.0 Å². The molecule has 1 heterocycles. The molecule has 0 saturated carbocycles. The third kappa shape index (κ3) is 3.71. The lowest BCUT2D eigenvalue weighted by molar-refractivity contribution is 0.106. The predicted octanol–water partition coefficient (Wildman–Crippen LogP) is 3.98. The Labute approximate surface area is 138 Å². The first-order valence-corrected chi connectivity index (χ1v) is 8.20. The second-order valence-corrected chi connectivity index (χ2v) is 6.12. The third-order valence-electron chi connectivity index (χ3n) is 4.35. The molecule has 2 atom stereocenters. The maximum absolute atomic E-state index is 12.5. The number of carbonyl (C=O) groups is 1. The van der Waals surface area contributed by atoms with Gasteiger partial charge in [0.2, 0.25) is 0 Å². The number of allylic oxidation sites excluding steroid dienone is 3. The number of rotatable bonds is 3. The van der Waals surface area contributed by atoms with Crippen LogP contribution in [0.2, 0.25) is 0 Å². The molecule has 0 aromatic rings. The lowest BCUT2D eigenvalue weighted by Crippen LogP contribution is -2.38. The minimum atomic E-state index is -0.303. The number of hydrogen-bond acceptors (Lipinski definition) is 4. The second-order valence-electron chi connectivity index (χ2n) is 6.12. The van der Waals surface area contributed by atoms with Crippen molar-refractivity contribution in [3.63, 3.8) is 0 Å². The summed E-state index contributed by atoms with van der Waals surface area (Å²) in [5.74, 6) is 1.92. The number of carbonyl (C=O) groups excluding carboxylic acids is 1. The molecule has 1 aliphatic heterocycles. The Kier molecular flexibility index (Phi) is 5.74. The number of hydrogen-bond donors (Lipinski definition) is 0. The maximum Gasteiger partial charge on any atom is 0.414 e. The molecule has 1 saturated heterocycles. The van der Waals surface area contributed by atoms with Gasteiger partial charge in [0, 0.05) is 18.5 Å². The highest BCUT2D eigenvalue weighted by molar-refractivity contribution is 5.72. The first-order chi connectivity index (χ1) is 11.0. The zero-order chi connectivity index (χ0) is 17.0. The predicted molar refractivity (Wildman–Crippen MR) is 88.5 cm³/mol. The average molecular weight is 321 g/mol. The summed E-state index contributed by atoms with van der Waals surface area (Å²) in [6, 6.07) is 0.0726. The van der Waals surface area contributed by atoms with E-state index in [1.165, 1.54) is 0 Å². The van der Waals surface area contributed by atoms with Gasteiger partial charge >= 0.3 is 6.09 Å². The SMILES string of the molecule is CCOC(=O)N1C2=CC(OC)=C(OC)CC=C2CC(C)CC1C. The molecule has 2 unspecified atom stereocenters. The molecule has 23 heavy (non-hydrogen) atoms. The number of fused-ring (bicyclic) bond motifs is 1. The fourth-order valence-corrected chi connectivity index (χ4v) is 3.34. The molecular formula is C18H27NO4. The van der Waals surface area contributed by atoms with Crippen molar-refractivity contribution in [3.8, 4) is 0 Å². The van der Waals surface area contributed by atoms with Gasteiger partial charge in [0.25, 0.3) is 0 Å². The van der Waals surface area contributed by atoms with Crippen LogP contribution in [0, 0.1) is 5.92 Å². The van der Waals surface area contributed by atoms with Crippen LogP contribution in [0.15, 0.2) is 34.9 Å². The van der Waals surface area contributed by atoms with E-state index in [1.54, 1.807) is 19.1 Å². The standard InChI is InChI=1S/C18H27NO4/c1-6-23-18(20)19-13(3)9-12(2)10-14-7-8-16(21-4)17(22-5)11-15(14)19/h7,11-13H,6,8-10H2,1-5H3. The van der Waals surface area contributed by atoms with Gasteiger partial charge in [0.15, 0.2) is 5.76 Å². The lowest BCUT2D eigenvalue weighted by Gasteiger charge is -2.29. The van der Waals surface area contributed by atoms with E-state index >= 15 is 0 Å². The van der Waals surface area contributed by atoms with Crippen LogP contribution in [-0.2, 0) is 14.2 Å². The van der Waals surface area contributed by atoms with Crippen LogP contribution in [0.5, 0.6) is 0 Å². The molecule has 5 nitrogen and oxygen atoms in total. The number of likely N-dealkylation sites (tertiary alicyclic amines) is 1. The van der Waals surface area contributed by atoms with Crippen molar-refractivity contribution < 1.29 is 19.0 Å². The van der Waals surface area contributed by atoms with E-state index in [0.29, 0.717) is 24.7 Å². The quantitative estimate of drug-likeness (QED) is 0.789. The molecule has 0 bridgehead atoms. The van der Waals surface area contributed by atoms with Crippen molar-refractivity contribution in [2.45, 2.75) is 46.1 Å². The highest BCUT2D eigenvalue weighted by Gasteiger charge is 2.33. The zero-order valence-corrected chi connectivity index (χ0v) is 14.7. The monoisotopic (exact) mass is 321 g/mol. The van der Waals surface area contributed by atoms with E-state index in [0.717, 1.165) is 29.9 Å². The molecule has 0 aromatic carbocycles. The van der Waals surface area contributed by atoms with Crippen LogP contribution >= 0.6 is 0 Å². The summed E-state index contributed by atoms with van der Waals surface area (Å²) in [4.78, 5) is 14.3. The summed E-state index contributed by atoms with van der Waals surface area (Å²) >= 11 is 0. The molecule has 2 rings (SSSR count). The number of methoxy groups -OCH3 is 2. The van der Waals surface area contributed by atoms with Gasteiger partial charge in [-0.05, 0) is 38.2 Å². The summed E-state index contributed by atoms with van der Waals surface area (Å²) in [5, 5.41) is 0. The number of nitrogens with zero attached hydrogens (tertiary/aromatic N) is 1. The van der Waals surface area contributed by atoms with E-state index in [9.17, 15) is 4.79 Å². The average Bonchev–Trinajstić information content (AvgIpc) is 2.73. The summed E-state index contributed by atoms with van der Waals surface area (Å²) in [7, 11) is 3.26. The van der Waals surface area contributed by atoms with Gasteiger partial charge in [-0.15, -0.1) is 0 Å². The van der Waals surface area contributed by atoms with Gasteiger partial charge in [-0.3, -0.25) is 4.90 Å². The molecule has 0 spiro atoms. The molecule has 1 amide bonds. The zero-order valence-electron chi connectivity index (χ0n) is 14.7. The second kappa shape index (κ2) is 7.57. The normalized spacial score (nSPS) is 24.8. The Balaban J connectivity index is 2.52. The minimum absolute atomic E-state index is 0.0726. The van der Waals surface area contributed by atoms with Crippen molar-refractivity contribution >= 4 is 6.09 Å². The molecule has 1 fully saturated rings. The summed E-state index contributed by atoms with van der Waals surface area (Å²) in [6.07, 6.45) is 6.27. The molecule has 0 N–H and O–H groups in total. The molecule has 5 heteroatoms. The van der Waals surface area contributed by atoms with Crippen molar-refractivity contribution in [3.05, 3.63) is 34.9 Å². The topological polar surface area (TPSA) is 48.0 Å². The van der Waals surface area contributed by atoms with E-state index in [2.05, 4.69) is 19.9 Å². The number of amides is 1. The van der Waals surface area contributed by atoms with Crippen LogP contribution in [0.3, 0.4) is 0 Å². The smallest absolute Gasteiger partial charge is 0.414 e. The maximum atomic E-state index is 12.5. The molecule has 2 aliphatic rings. The summed E-state index contributed by atoms with van der Waals surface area (Å²) < 4.78 is 16.2. The lowest BCUT2D eigenvalue weighted by atomic mass is 9.96. The van der Waals surface area contributed by atoms with Crippen molar-refractivity contribution in [1.82, 2.24) is 4.90 Å². The molecule has 128 valence electrons. The molecular weight excluding hydrogens is 294 g/mol. The Hall–Kier alpha value is -1.91. The Morgan fingerprint density at radius 2 is 2.04 bits per heavy atom. The fraction of sp³-hybridized carbons (Fsp3) is 0.611. The van der Waals surface area contributed by atoms with E-state index < -0.39 is 0 Å². The first-order valence-electron chi connectivity index (χ1n) is 8.20.